The average Bonchev–Trinajstić information content (AvgIpc) is 3.40. The molecule has 5 rings (SSSR count). The minimum absolute atomic E-state index is 0. The molecule has 3 heterocycles. The summed E-state index contributed by atoms with van der Waals surface area (Å²) in [4.78, 5) is 14.5. The van der Waals surface area contributed by atoms with Gasteiger partial charge >= 0.3 is 18.6 Å². The minimum Gasteiger partial charge on any atom is -1.00 e. The Hall–Kier alpha value is -2.02. The Bertz CT molecular complexity index is 1060. The van der Waals surface area contributed by atoms with Gasteiger partial charge in [0, 0.05) is 0 Å². The topological polar surface area (TPSA) is 56.1 Å². The van der Waals surface area contributed by atoms with Crippen molar-refractivity contribution in [1.82, 2.24) is 4.98 Å². The third-order valence-corrected chi connectivity index (χ3v) is 5.66. The van der Waals surface area contributed by atoms with Crippen LogP contribution in [0.4, 0.5) is 0 Å². The van der Waals surface area contributed by atoms with Crippen molar-refractivity contribution in [3.8, 4) is 0 Å². The number of nitrogens with zero attached hydrogens (tertiary/aromatic N) is 3. The van der Waals surface area contributed by atoms with Crippen molar-refractivity contribution < 1.29 is 65.3 Å². The number of benzene rings is 2. The van der Waals surface area contributed by atoms with Crippen molar-refractivity contribution in [2.24, 2.45) is 9.98 Å². The molecule has 0 N–H and O–H groups in total. The van der Waals surface area contributed by atoms with Gasteiger partial charge in [-0.25, -0.2) is 15.0 Å². The zero-order valence-corrected chi connectivity index (χ0v) is 22.3. The summed E-state index contributed by atoms with van der Waals surface area (Å²) in [5, 5.41) is 0. The monoisotopic (exact) mass is 553 g/mol. The van der Waals surface area contributed by atoms with Gasteiger partial charge < -0.3 is 46.7 Å². The maximum absolute atomic E-state index is 5.94. The molecule has 5 nitrogen and oxygen atoms in total. The third-order valence-electron chi connectivity index (χ3n) is 5.66. The zero-order chi connectivity index (χ0) is 20.6. The number of rotatable bonds is 4. The summed E-state index contributed by atoms with van der Waals surface area (Å²) in [5.41, 5.74) is 2.79. The Morgan fingerprint density at radius 2 is 0.971 bits per heavy atom. The first-order valence-electron chi connectivity index (χ1n) is 10.1. The van der Waals surface area contributed by atoms with E-state index < -0.39 is 11.1 Å². The maximum atomic E-state index is 5.94. The number of pyridine rings is 1. The number of hydrogen-bond acceptors (Lipinski definition) is 5. The Morgan fingerprint density at radius 1 is 0.588 bits per heavy atom. The first kappa shape index (κ1) is 30.0. The molecular formula is C25H23Cl3N3O2V. The van der Waals surface area contributed by atoms with E-state index in [1.807, 2.05) is 54.6 Å². The van der Waals surface area contributed by atoms with Crippen LogP contribution in [0, 0.1) is 0 Å². The molecule has 1 aromatic heterocycles. The molecule has 0 fully saturated rings. The van der Waals surface area contributed by atoms with Crippen LogP contribution in [-0.2, 0) is 39.1 Å². The van der Waals surface area contributed by atoms with Crippen LogP contribution >= 0.6 is 0 Å². The fourth-order valence-corrected chi connectivity index (χ4v) is 3.82. The molecule has 2 aromatic carbocycles. The summed E-state index contributed by atoms with van der Waals surface area (Å²) in [6.45, 7) is 5.13. The second-order valence-corrected chi connectivity index (χ2v) is 8.10. The number of aliphatic imine (C=N–C) groups is 2. The molecule has 0 saturated carbocycles. The van der Waals surface area contributed by atoms with Gasteiger partial charge in [-0.2, -0.15) is 0 Å². The third kappa shape index (κ3) is 5.79. The van der Waals surface area contributed by atoms with Crippen LogP contribution in [0.1, 0.15) is 36.4 Å². The van der Waals surface area contributed by atoms with E-state index in [1.165, 1.54) is 0 Å². The average molecular weight is 555 g/mol. The molecule has 34 heavy (non-hydrogen) atoms. The molecule has 3 aromatic rings. The SMILES string of the molecule is CC1(c2ccccc2)COC(c2cccc(C3=NC(C)(c4ccccc4)CO3)n2)=N1.[Cl-].[Cl-].[Cl-].[V+3]. The number of halogens is 3. The Labute approximate surface area is 230 Å². The van der Waals surface area contributed by atoms with Crippen LogP contribution in [0.15, 0.2) is 88.8 Å². The van der Waals surface area contributed by atoms with E-state index >= 15 is 0 Å². The van der Waals surface area contributed by atoms with E-state index in [-0.39, 0.29) is 55.8 Å². The van der Waals surface area contributed by atoms with E-state index in [9.17, 15) is 0 Å². The Balaban J connectivity index is 0.00000144. The van der Waals surface area contributed by atoms with Gasteiger partial charge in [0.1, 0.15) is 35.7 Å². The Morgan fingerprint density at radius 3 is 1.35 bits per heavy atom. The Kier molecular flexibility index (Phi) is 10.7. The van der Waals surface area contributed by atoms with Crippen molar-refractivity contribution in [3.63, 3.8) is 0 Å². The molecule has 9 heteroatoms. The summed E-state index contributed by atoms with van der Waals surface area (Å²) in [6.07, 6.45) is 0. The van der Waals surface area contributed by atoms with Crippen LogP contribution < -0.4 is 37.2 Å². The summed E-state index contributed by atoms with van der Waals surface area (Å²) >= 11 is 0. The van der Waals surface area contributed by atoms with E-state index in [2.05, 4.69) is 38.1 Å². The molecule has 2 aliphatic rings. The first-order chi connectivity index (χ1) is 14.6. The van der Waals surface area contributed by atoms with Gasteiger partial charge in [-0.15, -0.1) is 0 Å². The summed E-state index contributed by atoms with van der Waals surface area (Å²) in [7, 11) is 0. The number of ether oxygens (including phenoxy) is 2. The zero-order valence-electron chi connectivity index (χ0n) is 18.7. The van der Waals surface area contributed by atoms with Gasteiger partial charge in [0.25, 0.3) is 0 Å². The quantitative estimate of drug-likeness (QED) is 0.327. The fraction of sp³-hybridized carbons (Fsp3) is 0.240. The standard InChI is InChI=1S/C25H23N3O2.3ClH.V/c1-24(18-10-5-3-6-11-18)16-29-22(27-24)20-14-9-15-21(26-20)23-28-25(2,17-30-23)19-12-7-4-8-13-19;;;;/h3-15H,16-17H2,1-2H3;3*1H;/q;;;;+3/p-3. The van der Waals surface area contributed by atoms with Crippen LogP contribution in [-0.4, -0.2) is 30.0 Å². The van der Waals surface area contributed by atoms with E-state index in [0.29, 0.717) is 36.4 Å². The van der Waals surface area contributed by atoms with Gasteiger partial charge in [0.2, 0.25) is 11.8 Å². The molecule has 0 saturated heterocycles. The van der Waals surface area contributed by atoms with E-state index in [1.54, 1.807) is 0 Å². The van der Waals surface area contributed by atoms with Crippen LogP contribution in [0.3, 0.4) is 0 Å². The molecule has 0 bridgehead atoms. The van der Waals surface area contributed by atoms with Crippen molar-refractivity contribution in [1.29, 1.82) is 0 Å². The predicted octanol–water partition coefficient (Wildman–Crippen LogP) is -4.52. The van der Waals surface area contributed by atoms with Gasteiger partial charge in [0.05, 0.1) is 0 Å². The van der Waals surface area contributed by atoms with Gasteiger partial charge in [-0.3, -0.25) is 0 Å². The summed E-state index contributed by atoms with van der Waals surface area (Å²) < 4.78 is 11.9. The van der Waals surface area contributed by atoms with E-state index in [4.69, 9.17) is 24.4 Å². The fourth-order valence-electron chi connectivity index (χ4n) is 3.82. The van der Waals surface area contributed by atoms with Crippen LogP contribution in [0.5, 0.6) is 0 Å². The number of hydrogen-bond donors (Lipinski definition) is 0. The van der Waals surface area contributed by atoms with Crippen molar-refractivity contribution in [2.75, 3.05) is 13.2 Å². The van der Waals surface area contributed by atoms with Crippen LogP contribution in [0.25, 0.3) is 0 Å². The molecule has 2 unspecified atom stereocenters. The smallest absolute Gasteiger partial charge is 1.00 e. The van der Waals surface area contributed by atoms with Crippen molar-refractivity contribution in [3.05, 3.63) is 101 Å². The van der Waals surface area contributed by atoms with Crippen molar-refractivity contribution in [2.45, 2.75) is 24.9 Å². The van der Waals surface area contributed by atoms with Gasteiger partial charge in [-0.05, 0) is 37.1 Å². The first-order valence-corrected chi connectivity index (χ1v) is 10.1. The second kappa shape index (κ2) is 12.1. The predicted molar refractivity (Wildman–Crippen MR) is 117 cm³/mol. The molecule has 0 amide bonds. The van der Waals surface area contributed by atoms with Crippen molar-refractivity contribution >= 4 is 11.8 Å². The molecule has 0 spiro atoms. The molecule has 0 aliphatic carbocycles. The van der Waals surface area contributed by atoms with Gasteiger partial charge in [-0.1, -0.05) is 66.7 Å². The normalized spacial score (nSPS) is 22.3. The minimum atomic E-state index is -0.415. The summed E-state index contributed by atoms with van der Waals surface area (Å²) in [5.74, 6) is 1.10. The van der Waals surface area contributed by atoms with Gasteiger partial charge in [0.15, 0.2) is 0 Å². The summed E-state index contributed by atoms with van der Waals surface area (Å²) in [6, 6.07) is 26.1. The molecule has 2 aliphatic heterocycles. The number of aromatic nitrogens is 1. The molecular weight excluding hydrogens is 532 g/mol. The molecule has 2 atom stereocenters. The maximum Gasteiger partial charge on any atom is 3.00 e. The largest absolute Gasteiger partial charge is 3.00 e. The molecule has 176 valence electrons. The molecule has 0 radical (unpaired) electrons. The van der Waals surface area contributed by atoms with Crippen LogP contribution in [0.2, 0.25) is 0 Å². The second-order valence-electron chi connectivity index (χ2n) is 8.10. The van der Waals surface area contributed by atoms with E-state index in [0.717, 1.165) is 11.1 Å².